The summed E-state index contributed by atoms with van der Waals surface area (Å²) in [6, 6.07) is 15.1. The Morgan fingerprint density at radius 2 is 1.76 bits per heavy atom. The molecule has 4 aromatic rings. The van der Waals surface area contributed by atoms with Gasteiger partial charge >= 0.3 is 6.18 Å². The molecule has 6 nitrogen and oxygen atoms in total. The SMILES string of the molecule is Cc1ccc(-n2nc(C)c3c(C(F)(F)F)cc(=O)n(CC(=O)N4CCc5ccccc54)c32)cc1. The standard InChI is InChI=1S/C25H21F3N4O2/c1-15-7-9-18(10-8-15)32-24-23(16(2)29-32)19(25(26,27)28)13-21(33)31(24)14-22(34)30-12-11-17-5-3-4-6-20(17)30/h3-10,13H,11-12,14H2,1-2H3. The molecular weight excluding hydrogens is 445 g/mol. The van der Waals surface area contributed by atoms with Crippen LogP contribution >= 0.6 is 0 Å². The molecule has 0 spiro atoms. The third-order valence-electron chi connectivity index (χ3n) is 6.16. The van der Waals surface area contributed by atoms with Crippen molar-refractivity contribution in [3.8, 4) is 5.69 Å². The van der Waals surface area contributed by atoms with Crippen LogP contribution in [-0.2, 0) is 23.9 Å². The molecule has 9 heteroatoms. The second-order valence-electron chi connectivity index (χ2n) is 8.44. The van der Waals surface area contributed by atoms with Gasteiger partial charge in [-0.05, 0) is 44.0 Å². The van der Waals surface area contributed by atoms with Crippen LogP contribution < -0.4 is 10.5 Å². The van der Waals surface area contributed by atoms with E-state index in [2.05, 4.69) is 5.10 Å². The van der Waals surface area contributed by atoms with E-state index < -0.39 is 23.8 Å². The minimum atomic E-state index is -4.75. The van der Waals surface area contributed by atoms with Crippen LogP contribution in [0.25, 0.3) is 16.7 Å². The molecular formula is C25H21F3N4O2. The Bertz CT molecular complexity index is 1480. The summed E-state index contributed by atoms with van der Waals surface area (Å²) in [7, 11) is 0. The number of nitrogens with zero attached hydrogens (tertiary/aromatic N) is 4. The summed E-state index contributed by atoms with van der Waals surface area (Å²) >= 11 is 0. The average Bonchev–Trinajstić information content (AvgIpc) is 3.37. The molecule has 0 saturated carbocycles. The van der Waals surface area contributed by atoms with Crippen molar-refractivity contribution in [2.24, 2.45) is 0 Å². The van der Waals surface area contributed by atoms with Gasteiger partial charge in [0.25, 0.3) is 5.56 Å². The van der Waals surface area contributed by atoms with E-state index in [4.69, 9.17) is 0 Å². The molecule has 5 rings (SSSR count). The summed E-state index contributed by atoms with van der Waals surface area (Å²) in [6.45, 7) is 3.40. The number of anilines is 1. The predicted octanol–water partition coefficient (Wildman–Crippen LogP) is 4.41. The van der Waals surface area contributed by atoms with E-state index >= 15 is 0 Å². The smallest absolute Gasteiger partial charge is 0.310 e. The lowest BCUT2D eigenvalue weighted by Crippen LogP contribution is -2.36. The van der Waals surface area contributed by atoms with Gasteiger partial charge < -0.3 is 4.90 Å². The number of alkyl halides is 3. The van der Waals surface area contributed by atoms with E-state index in [1.54, 1.807) is 29.2 Å². The van der Waals surface area contributed by atoms with Gasteiger partial charge in [-0.1, -0.05) is 35.9 Å². The Labute approximate surface area is 192 Å². The fourth-order valence-electron chi connectivity index (χ4n) is 4.52. The zero-order valence-corrected chi connectivity index (χ0v) is 18.6. The number of aromatic nitrogens is 3. The van der Waals surface area contributed by atoms with Crippen LogP contribution in [0.5, 0.6) is 0 Å². The van der Waals surface area contributed by atoms with Crippen molar-refractivity contribution in [3.05, 3.63) is 87.3 Å². The third kappa shape index (κ3) is 3.57. The molecule has 0 radical (unpaired) electrons. The second-order valence-corrected chi connectivity index (χ2v) is 8.44. The van der Waals surface area contributed by atoms with E-state index in [-0.39, 0.29) is 22.6 Å². The number of hydrogen-bond donors (Lipinski definition) is 0. The molecule has 34 heavy (non-hydrogen) atoms. The maximum atomic E-state index is 13.9. The van der Waals surface area contributed by atoms with E-state index in [1.165, 1.54) is 11.6 Å². The van der Waals surface area contributed by atoms with Gasteiger partial charge in [0.15, 0.2) is 0 Å². The summed E-state index contributed by atoms with van der Waals surface area (Å²) in [4.78, 5) is 27.8. The number of aryl methyl sites for hydroxylation is 2. The fourth-order valence-corrected chi connectivity index (χ4v) is 4.52. The number of benzene rings is 2. The molecule has 3 heterocycles. The molecule has 0 N–H and O–H groups in total. The van der Waals surface area contributed by atoms with Gasteiger partial charge in [-0.15, -0.1) is 0 Å². The molecule has 1 aliphatic rings. The lowest BCUT2D eigenvalue weighted by atomic mass is 10.1. The van der Waals surface area contributed by atoms with Crippen LogP contribution in [0, 0.1) is 13.8 Å². The van der Waals surface area contributed by atoms with Gasteiger partial charge in [0.1, 0.15) is 12.2 Å². The monoisotopic (exact) mass is 466 g/mol. The van der Waals surface area contributed by atoms with E-state index in [0.29, 0.717) is 24.7 Å². The van der Waals surface area contributed by atoms with Gasteiger partial charge in [-0.25, -0.2) is 4.68 Å². The minimum Gasteiger partial charge on any atom is -0.310 e. The number of para-hydroxylation sites is 1. The largest absolute Gasteiger partial charge is 0.417 e. The van der Waals surface area contributed by atoms with Crippen molar-refractivity contribution in [3.63, 3.8) is 0 Å². The molecule has 0 bridgehead atoms. The Morgan fingerprint density at radius 1 is 1.06 bits per heavy atom. The van der Waals surface area contributed by atoms with Gasteiger partial charge in [-0.3, -0.25) is 14.2 Å². The highest BCUT2D eigenvalue weighted by Gasteiger charge is 2.37. The lowest BCUT2D eigenvalue weighted by Gasteiger charge is -2.20. The van der Waals surface area contributed by atoms with Crippen molar-refractivity contribution in [1.29, 1.82) is 0 Å². The van der Waals surface area contributed by atoms with Crippen molar-refractivity contribution in [2.45, 2.75) is 33.0 Å². The summed E-state index contributed by atoms with van der Waals surface area (Å²) < 4.78 is 44.1. The second kappa shape index (κ2) is 7.86. The van der Waals surface area contributed by atoms with Crippen LogP contribution in [0.2, 0.25) is 0 Å². The highest BCUT2D eigenvalue weighted by molar-refractivity contribution is 5.96. The molecule has 0 fully saturated rings. The molecule has 174 valence electrons. The number of fused-ring (bicyclic) bond motifs is 2. The summed E-state index contributed by atoms with van der Waals surface area (Å²) in [5, 5.41) is 4.15. The first kappa shape index (κ1) is 21.9. The highest BCUT2D eigenvalue weighted by Crippen LogP contribution is 2.36. The Morgan fingerprint density at radius 3 is 2.47 bits per heavy atom. The van der Waals surface area contributed by atoms with Crippen LogP contribution in [0.4, 0.5) is 18.9 Å². The first-order valence-corrected chi connectivity index (χ1v) is 10.8. The maximum absolute atomic E-state index is 13.9. The Hall–Kier alpha value is -3.88. The molecule has 2 aromatic carbocycles. The van der Waals surface area contributed by atoms with Gasteiger partial charge in [0.05, 0.1) is 22.3 Å². The number of hydrogen-bond acceptors (Lipinski definition) is 3. The molecule has 0 saturated heterocycles. The van der Waals surface area contributed by atoms with Crippen LogP contribution in [0.15, 0.2) is 59.4 Å². The summed E-state index contributed by atoms with van der Waals surface area (Å²) in [5.74, 6) is -0.373. The average molecular weight is 466 g/mol. The summed E-state index contributed by atoms with van der Waals surface area (Å²) in [5.41, 5.74) is 1.33. The minimum absolute atomic E-state index is 0.0537. The zero-order valence-electron chi connectivity index (χ0n) is 18.6. The normalized spacial score (nSPS) is 13.5. The number of rotatable bonds is 3. The topological polar surface area (TPSA) is 60.1 Å². The zero-order chi connectivity index (χ0) is 24.2. The molecule has 0 aliphatic carbocycles. The van der Waals surface area contributed by atoms with E-state index in [1.807, 2.05) is 31.2 Å². The Kier molecular flexibility index (Phi) is 5.07. The number of carbonyl (C=O) groups is 1. The highest BCUT2D eigenvalue weighted by atomic mass is 19.4. The van der Waals surface area contributed by atoms with Crippen LogP contribution in [-0.4, -0.2) is 26.8 Å². The van der Waals surface area contributed by atoms with Gasteiger partial charge in [0.2, 0.25) is 5.91 Å². The molecule has 2 aromatic heterocycles. The van der Waals surface area contributed by atoms with Crippen molar-refractivity contribution >= 4 is 22.6 Å². The maximum Gasteiger partial charge on any atom is 0.417 e. The van der Waals surface area contributed by atoms with E-state index in [9.17, 15) is 22.8 Å². The Balaban J connectivity index is 1.70. The van der Waals surface area contributed by atoms with Crippen molar-refractivity contribution < 1.29 is 18.0 Å². The van der Waals surface area contributed by atoms with Gasteiger partial charge in [-0.2, -0.15) is 18.3 Å². The van der Waals surface area contributed by atoms with E-state index in [0.717, 1.165) is 21.4 Å². The third-order valence-corrected chi connectivity index (χ3v) is 6.16. The number of carbonyl (C=O) groups excluding carboxylic acids is 1. The molecule has 1 aliphatic heterocycles. The predicted molar refractivity (Wildman–Crippen MR) is 122 cm³/mol. The van der Waals surface area contributed by atoms with Crippen molar-refractivity contribution in [2.75, 3.05) is 11.4 Å². The fraction of sp³-hybridized carbons (Fsp3) is 0.240. The molecule has 0 unspecified atom stereocenters. The molecule has 0 atom stereocenters. The lowest BCUT2D eigenvalue weighted by molar-refractivity contribution is -0.136. The number of amides is 1. The van der Waals surface area contributed by atoms with Crippen LogP contribution in [0.3, 0.4) is 0 Å². The first-order valence-electron chi connectivity index (χ1n) is 10.8. The quantitative estimate of drug-likeness (QED) is 0.449. The van der Waals surface area contributed by atoms with Gasteiger partial charge in [0, 0.05) is 18.3 Å². The number of pyridine rings is 1. The van der Waals surface area contributed by atoms with Crippen molar-refractivity contribution in [1.82, 2.24) is 14.3 Å². The number of halogens is 3. The molecule has 1 amide bonds. The first-order chi connectivity index (χ1) is 16.1. The van der Waals surface area contributed by atoms with Crippen LogP contribution in [0.1, 0.15) is 22.4 Å². The summed E-state index contributed by atoms with van der Waals surface area (Å²) in [6.07, 6.45) is -4.07.